The molecule has 2 fully saturated rings. The molecule has 0 saturated heterocycles. The number of benzene rings is 1. The van der Waals surface area contributed by atoms with Crippen molar-refractivity contribution >= 4 is 5.69 Å². The smallest absolute Gasteiger partial charge is 0.146 e. The van der Waals surface area contributed by atoms with Crippen molar-refractivity contribution in [2.75, 3.05) is 24.5 Å². The Kier molecular flexibility index (Phi) is 3.74. The molecule has 3 rings (SSSR count). The lowest BCUT2D eigenvalue weighted by molar-refractivity contribution is 0.601. The molecule has 0 bridgehead atoms. The molecule has 0 spiro atoms. The normalized spacial score (nSPS) is 18.6. The van der Waals surface area contributed by atoms with Crippen LogP contribution in [-0.2, 0) is 6.42 Å². The summed E-state index contributed by atoms with van der Waals surface area (Å²) in [6, 6.07) is 5.64. The molecule has 2 N–H and O–H groups in total. The topological polar surface area (TPSA) is 29.3 Å². The van der Waals surface area contributed by atoms with Crippen LogP contribution in [0.15, 0.2) is 18.2 Å². The quantitative estimate of drug-likeness (QED) is 0.818. The van der Waals surface area contributed by atoms with Crippen LogP contribution in [0.5, 0.6) is 0 Å². The van der Waals surface area contributed by atoms with Crippen molar-refractivity contribution in [3.05, 3.63) is 29.6 Å². The van der Waals surface area contributed by atoms with Crippen molar-refractivity contribution in [2.24, 2.45) is 17.6 Å². The van der Waals surface area contributed by atoms with E-state index in [-0.39, 0.29) is 5.82 Å². The maximum Gasteiger partial charge on any atom is 0.146 e. The van der Waals surface area contributed by atoms with Crippen LogP contribution in [0, 0.1) is 17.7 Å². The lowest BCUT2D eigenvalue weighted by Gasteiger charge is -2.25. The minimum Gasteiger partial charge on any atom is -0.369 e. The highest BCUT2D eigenvalue weighted by atomic mass is 19.1. The van der Waals surface area contributed by atoms with Gasteiger partial charge < -0.3 is 10.6 Å². The molecular weight excluding hydrogens is 239 g/mol. The van der Waals surface area contributed by atoms with Gasteiger partial charge in [-0.15, -0.1) is 0 Å². The van der Waals surface area contributed by atoms with Gasteiger partial charge in [-0.3, -0.25) is 0 Å². The molecule has 0 heterocycles. The molecule has 2 nitrogen and oxygen atoms in total. The molecule has 2 aliphatic rings. The van der Waals surface area contributed by atoms with Crippen LogP contribution in [0.4, 0.5) is 10.1 Å². The summed E-state index contributed by atoms with van der Waals surface area (Å²) >= 11 is 0. The summed E-state index contributed by atoms with van der Waals surface area (Å²) in [5.74, 6) is 1.51. The van der Waals surface area contributed by atoms with E-state index in [0.29, 0.717) is 6.54 Å². The molecule has 0 aliphatic heterocycles. The number of nitrogens with zero attached hydrogens (tertiary/aromatic N) is 1. The number of nitrogens with two attached hydrogens (primary N) is 1. The summed E-state index contributed by atoms with van der Waals surface area (Å²) in [4.78, 5) is 2.27. The number of rotatable bonds is 7. The second kappa shape index (κ2) is 5.49. The number of anilines is 1. The molecule has 1 aromatic carbocycles. The first-order valence-corrected chi connectivity index (χ1v) is 7.49. The van der Waals surface area contributed by atoms with E-state index in [1.165, 1.54) is 25.7 Å². The fourth-order valence-electron chi connectivity index (χ4n) is 2.62. The van der Waals surface area contributed by atoms with Crippen LogP contribution in [0.2, 0.25) is 0 Å². The van der Waals surface area contributed by atoms with Gasteiger partial charge in [-0.1, -0.05) is 6.07 Å². The van der Waals surface area contributed by atoms with Crippen molar-refractivity contribution in [1.82, 2.24) is 0 Å². The largest absolute Gasteiger partial charge is 0.369 e. The van der Waals surface area contributed by atoms with E-state index in [9.17, 15) is 4.39 Å². The van der Waals surface area contributed by atoms with Gasteiger partial charge in [0.05, 0.1) is 5.69 Å². The monoisotopic (exact) mass is 262 g/mol. The summed E-state index contributed by atoms with van der Waals surface area (Å²) in [5.41, 5.74) is 7.32. The Balaban J connectivity index is 1.75. The van der Waals surface area contributed by atoms with Crippen molar-refractivity contribution in [3.8, 4) is 0 Å². The van der Waals surface area contributed by atoms with Crippen LogP contribution in [-0.4, -0.2) is 19.6 Å². The average molecular weight is 262 g/mol. The van der Waals surface area contributed by atoms with Gasteiger partial charge in [0.1, 0.15) is 5.82 Å². The Morgan fingerprint density at radius 1 is 1.11 bits per heavy atom. The molecule has 0 aromatic heterocycles. The molecule has 0 unspecified atom stereocenters. The maximum absolute atomic E-state index is 14.3. The minimum atomic E-state index is -0.0766. The van der Waals surface area contributed by atoms with E-state index in [1.54, 1.807) is 6.07 Å². The van der Waals surface area contributed by atoms with Crippen LogP contribution in [0.25, 0.3) is 0 Å². The molecule has 0 amide bonds. The van der Waals surface area contributed by atoms with E-state index in [0.717, 1.165) is 42.6 Å². The molecule has 3 heteroatoms. The van der Waals surface area contributed by atoms with Crippen molar-refractivity contribution in [3.63, 3.8) is 0 Å². The molecule has 104 valence electrons. The zero-order valence-electron chi connectivity index (χ0n) is 11.4. The van der Waals surface area contributed by atoms with Gasteiger partial charge in [0.2, 0.25) is 0 Å². The lowest BCUT2D eigenvalue weighted by atomic mass is 10.1. The lowest BCUT2D eigenvalue weighted by Crippen LogP contribution is -2.29. The van der Waals surface area contributed by atoms with Crippen LogP contribution < -0.4 is 10.6 Å². The van der Waals surface area contributed by atoms with Gasteiger partial charge in [0, 0.05) is 13.1 Å². The van der Waals surface area contributed by atoms with Crippen LogP contribution in [0.1, 0.15) is 31.2 Å². The Labute approximate surface area is 114 Å². The molecule has 0 radical (unpaired) electrons. The summed E-state index contributed by atoms with van der Waals surface area (Å²) in [6.07, 6.45) is 6.01. The van der Waals surface area contributed by atoms with Gasteiger partial charge in [-0.25, -0.2) is 4.39 Å². The van der Waals surface area contributed by atoms with Crippen LogP contribution in [0.3, 0.4) is 0 Å². The van der Waals surface area contributed by atoms with Crippen LogP contribution >= 0.6 is 0 Å². The summed E-state index contributed by atoms with van der Waals surface area (Å²) in [6.45, 7) is 2.64. The average Bonchev–Trinajstić information content (AvgIpc) is 3.24. The van der Waals surface area contributed by atoms with E-state index in [4.69, 9.17) is 5.73 Å². The first kappa shape index (κ1) is 12.9. The Morgan fingerprint density at radius 2 is 1.74 bits per heavy atom. The standard InChI is InChI=1S/C16H23FN2/c17-15-9-12(7-8-18)5-6-16(15)19(10-13-1-2-13)11-14-3-4-14/h5-6,9,13-14H,1-4,7-8,10-11,18H2. The Morgan fingerprint density at radius 3 is 2.21 bits per heavy atom. The predicted octanol–water partition coefficient (Wildman–Crippen LogP) is 2.95. The van der Waals surface area contributed by atoms with E-state index in [2.05, 4.69) is 4.90 Å². The van der Waals surface area contributed by atoms with Crippen molar-refractivity contribution in [1.29, 1.82) is 0 Å². The molecule has 2 saturated carbocycles. The van der Waals surface area contributed by atoms with Gasteiger partial charge in [-0.05, 0) is 68.2 Å². The number of hydrogen-bond acceptors (Lipinski definition) is 2. The third-order valence-corrected chi connectivity index (χ3v) is 4.14. The van der Waals surface area contributed by atoms with Gasteiger partial charge in [0.25, 0.3) is 0 Å². The zero-order valence-corrected chi connectivity index (χ0v) is 11.4. The van der Waals surface area contributed by atoms with Crippen molar-refractivity contribution in [2.45, 2.75) is 32.1 Å². The maximum atomic E-state index is 14.3. The van der Waals surface area contributed by atoms with Gasteiger partial charge in [-0.2, -0.15) is 0 Å². The second-order valence-corrected chi connectivity index (χ2v) is 6.12. The van der Waals surface area contributed by atoms with E-state index >= 15 is 0 Å². The molecule has 19 heavy (non-hydrogen) atoms. The number of halogens is 1. The molecular formula is C16H23FN2. The third kappa shape index (κ3) is 3.47. The van der Waals surface area contributed by atoms with E-state index in [1.807, 2.05) is 12.1 Å². The molecule has 1 aromatic rings. The Bertz CT molecular complexity index is 424. The number of hydrogen-bond donors (Lipinski definition) is 1. The zero-order chi connectivity index (χ0) is 13.2. The minimum absolute atomic E-state index is 0.0766. The summed E-state index contributed by atoms with van der Waals surface area (Å²) in [7, 11) is 0. The fourth-order valence-corrected chi connectivity index (χ4v) is 2.62. The predicted molar refractivity (Wildman–Crippen MR) is 76.8 cm³/mol. The molecule has 2 aliphatic carbocycles. The summed E-state index contributed by atoms with van der Waals surface area (Å²) in [5, 5.41) is 0. The fraction of sp³-hybridized carbons (Fsp3) is 0.625. The van der Waals surface area contributed by atoms with Gasteiger partial charge >= 0.3 is 0 Å². The van der Waals surface area contributed by atoms with Crippen molar-refractivity contribution < 1.29 is 4.39 Å². The third-order valence-electron chi connectivity index (χ3n) is 4.14. The highest BCUT2D eigenvalue weighted by molar-refractivity contribution is 5.49. The summed E-state index contributed by atoms with van der Waals surface area (Å²) < 4.78 is 14.3. The first-order chi connectivity index (χ1) is 9.26. The first-order valence-electron chi connectivity index (χ1n) is 7.49. The highest BCUT2D eigenvalue weighted by Crippen LogP contribution is 2.36. The highest BCUT2D eigenvalue weighted by Gasteiger charge is 2.30. The SMILES string of the molecule is NCCc1ccc(N(CC2CC2)CC2CC2)c(F)c1. The second-order valence-electron chi connectivity index (χ2n) is 6.12. The van der Waals surface area contributed by atoms with Gasteiger partial charge in [0.15, 0.2) is 0 Å². The molecule has 0 atom stereocenters. The Hall–Kier alpha value is -1.09. The van der Waals surface area contributed by atoms with E-state index < -0.39 is 0 Å².